The summed E-state index contributed by atoms with van der Waals surface area (Å²) in [6, 6.07) is 22.0. The summed E-state index contributed by atoms with van der Waals surface area (Å²) >= 11 is 0. The number of carbonyl (C=O) groups is 2. The Morgan fingerprint density at radius 2 is 1.81 bits per heavy atom. The zero-order valence-electron chi connectivity index (χ0n) is 31.9. The van der Waals surface area contributed by atoms with Crippen LogP contribution < -0.4 is 30.2 Å². The first kappa shape index (κ1) is 37.7. The van der Waals surface area contributed by atoms with Crippen LogP contribution in [0.3, 0.4) is 0 Å². The highest BCUT2D eigenvalue weighted by Gasteiger charge is 2.66. The normalized spacial score (nSPS) is 23.8. The quantitative estimate of drug-likeness (QED) is 0.167. The van der Waals surface area contributed by atoms with Crippen LogP contribution in [0, 0.1) is 11.8 Å². The van der Waals surface area contributed by atoms with Gasteiger partial charge in [-0.3, -0.25) is 14.3 Å². The van der Waals surface area contributed by atoms with Gasteiger partial charge in [-0.15, -0.1) is 5.10 Å². The van der Waals surface area contributed by atoms with Gasteiger partial charge in [0.25, 0.3) is 5.91 Å². The first-order valence-electron chi connectivity index (χ1n) is 19.0. The number of carbonyl (C=O) groups excluding carboxylic acids is 2. The van der Waals surface area contributed by atoms with E-state index in [0.29, 0.717) is 38.2 Å². The summed E-state index contributed by atoms with van der Waals surface area (Å²) in [5.41, 5.74) is 2.86. The molecule has 2 fully saturated rings. The third-order valence-corrected chi connectivity index (χ3v) is 16.2. The first-order chi connectivity index (χ1) is 26.1. The largest absolute Gasteiger partial charge is 0.497 e. The van der Waals surface area contributed by atoms with E-state index in [1.165, 1.54) is 5.19 Å². The van der Waals surface area contributed by atoms with Crippen LogP contribution in [0.2, 0.25) is 18.6 Å². The number of benzene rings is 3. The van der Waals surface area contributed by atoms with E-state index in [0.717, 1.165) is 53.3 Å². The fourth-order valence-corrected chi connectivity index (χ4v) is 13.0. The summed E-state index contributed by atoms with van der Waals surface area (Å²) < 4.78 is 20.3. The van der Waals surface area contributed by atoms with Crippen LogP contribution in [0.1, 0.15) is 43.0 Å². The maximum atomic E-state index is 15.2. The number of hydrogen-bond acceptors (Lipinski definition) is 9. The number of aromatic nitrogens is 3. The van der Waals surface area contributed by atoms with E-state index in [4.69, 9.17) is 14.2 Å². The molecule has 0 saturated carbocycles. The lowest BCUT2D eigenvalue weighted by Gasteiger charge is -2.37. The lowest BCUT2D eigenvalue weighted by molar-refractivity contribution is -0.146. The van der Waals surface area contributed by atoms with Gasteiger partial charge in [0, 0.05) is 49.5 Å². The fraction of sp³-hybridized carbons (Fsp3) is 0.463. The molecule has 286 valence electrons. The van der Waals surface area contributed by atoms with Crippen molar-refractivity contribution >= 4 is 36.4 Å². The van der Waals surface area contributed by atoms with Crippen LogP contribution in [-0.2, 0) is 39.4 Å². The number of amides is 2. The molecule has 0 bridgehead atoms. The first-order valence-corrected chi connectivity index (χ1v) is 22.1. The molecular weight excluding hydrogens is 701 g/mol. The van der Waals surface area contributed by atoms with Crippen LogP contribution >= 0.6 is 0 Å². The van der Waals surface area contributed by atoms with E-state index >= 15 is 4.79 Å². The highest BCUT2D eigenvalue weighted by molar-refractivity contribution is 6.91. The second kappa shape index (κ2) is 15.7. The van der Waals surface area contributed by atoms with Crippen molar-refractivity contribution in [3.63, 3.8) is 0 Å². The molecule has 5 atom stereocenters. The summed E-state index contributed by atoms with van der Waals surface area (Å²) in [5.74, 6) is 1.19. The van der Waals surface area contributed by atoms with Gasteiger partial charge in [0.1, 0.15) is 11.5 Å². The van der Waals surface area contributed by atoms with Gasteiger partial charge >= 0.3 is 0 Å². The molecule has 3 N–H and O–H groups in total. The monoisotopic (exact) mass is 752 g/mol. The maximum Gasteiger partial charge on any atom is 0.264 e. The predicted octanol–water partition coefficient (Wildman–Crippen LogP) is 4.62. The molecule has 2 amide bonds. The van der Waals surface area contributed by atoms with Crippen LogP contribution in [-0.4, -0.2) is 80.0 Å². The lowest BCUT2D eigenvalue weighted by Crippen LogP contribution is -2.51. The SMILES string of the molecule is COc1ccc([Si](C)(C)[C@H]2[C@H](CCn3cc(CCO)nn3)O[C@@]3(C(=O)N(Cc4ccc(NC(=O)C5CCCNC5)cc4)c4ccc(OC)cc43)[C@@H]2C)cc1. The van der Waals surface area contributed by atoms with E-state index in [-0.39, 0.29) is 41.9 Å². The molecule has 4 aromatic rings. The van der Waals surface area contributed by atoms with Gasteiger partial charge in [-0.05, 0) is 79.4 Å². The molecule has 1 spiro atoms. The number of aryl methyl sites for hydroxylation is 1. The van der Waals surface area contributed by atoms with E-state index < -0.39 is 13.7 Å². The molecule has 2 saturated heterocycles. The number of rotatable bonds is 13. The number of aliphatic hydroxyl groups is 1. The number of piperidine rings is 1. The Bertz CT molecular complexity index is 1950. The van der Waals surface area contributed by atoms with E-state index in [1.54, 1.807) is 18.9 Å². The average Bonchev–Trinajstić information content (AvgIpc) is 3.84. The Balaban J connectivity index is 1.21. The van der Waals surface area contributed by atoms with Crippen molar-refractivity contribution in [2.24, 2.45) is 11.8 Å². The third kappa shape index (κ3) is 7.05. The highest BCUT2D eigenvalue weighted by atomic mass is 28.3. The fourth-order valence-electron chi connectivity index (χ4n) is 8.98. The number of aliphatic hydroxyl groups excluding tert-OH is 1. The number of anilines is 2. The van der Waals surface area contributed by atoms with Crippen molar-refractivity contribution in [3.05, 3.63) is 89.7 Å². The number of fused-ring (bicyclic) bond motifs is 2. The van der Waals surface area contributed by atoms with Crippen molar-refractivity contribution in [1.82, 2.24) is 20.3 Å². The van der Waals surface area contributed by atoms with E-state index in [2.05, 4.69) is 53.1 Å². The number of hydrogen-bond donors (Lipinski definition) is 3. The topological polar surface area (TPSA) is 140 Å². The highest BCUT2D eigenvalue weighted by Crippen LogP contribution is 2.60. The Morgan fingerprint density at radius 1 is 1.07 bits per heavy atom. The molecule has 3 aliphatic rings. The minimum absolute atomic E-state index is 0.00865. The Hall–Kier alpha value is -4.56. The molecule has 0 aliphatic carbocycles. The molecular formula is C41H52N6O6Si. The van der Waals surface area contributed by atoms with Crippen molar-refractivity contribution in [3.8, 4) is 11.5 Å². The van der Waals surface area contributed by atoms with Gasteiger partial charge in [0.15, 0.2) is 5.60 Å². The smallest absolute Gasteiger partial charge is 0.264 e. The summed E-state index contributed by atoms with van der Waals surface area (Å²) in [6.07, 6.45) is 4.56. The van der Waals surface area contributed by atoms with E-state index in [9.17, 15) is 9.90 Å². The molecule has 13 heteroatoms. The molecule has 7 rings (SSSR count). The van der Waals surface area contributed by atoms with Crippen LogP contribution in [0.25, 0.3) is 0 Å². The van der Waals surface area contributed by atoms with Gasteiger partial charge in [-0.1, -0.05) is 54.7 Å². The van der Waals surface area contributed by atoms with Crippen molar-refractivity contribution in [2.75, 3.05) is 44.1 Å². The standard InChI is InChI=1S/C41H52N6O6Si/c1-27-38(54(4,5)34-15-12-32(51-2)13-16-34)37(18-21-46-26-31(19-22-48)44-45-46)53-41(27)35-23-33(52-3)14-17-36(35)47(40(41)50)25-28-8-10-30(11-9-28)43-39(49)29-7-6-20-42-24-29/h8-17,23,26-27,29,37-38,42,48H,6-7,18-22,24-25H2,1-5H3,(H,43,49)/t27-,29?,37+,38-,41+/m1/s1. The molecule has 0 radical (unpaired) electrons. The number of nitrogens with zero attached hydrogens (tertiary/aromatic N) is 4. The Kier molecular flexibility index (Phi) is 10.9. The van der Waals surface area contributed by atoms with Gasteiger partial charge in [0.05, 0.1) is 52.2 Å². The molecule has 3 aromatic carbocycles. The van der Waals surface area contributed by atoms with Crippen LogP contribution in [0.5, 0.6) is 11.5 Å². The number of methoxy groups -OCH3 is 2. The summed E-state index contributed by atoms with van der Waals surface area (Å²) in [4.78, 5) is 30.0. The van der Waals surface area contributed by atoms with Crippen LogP contribution in [0.15, 0.2) is 72.9 Å². The van der Waals surface area contributed by atoms with Gasteiger partial charge in [-0.25, -0.2) is 0 Å². The minimum atomic E-state index is -2.35. The molecule has 1 unspecified atom stereocenters. The van der Waals surface area contributed by atoms with Crippen molar-refractivity contribution < 1.29 is 28.9 Å². The average molecular weight is 753 g/mol. The third-order valence-electron chi connectivity index (χ3n) is 11.9. The lowest BCUT2D eigenvalue weighted by atomic mass is 9.82. The van der Waals surface area contributed by atoms with Gasteiger partial charge in [0.2, 0.25) is 5.91 Å². The summed E-state index contributed by atoms with van der Waals surface area (Å²) in [6.45, 7) is 9.48. The van der Waals surface area contributed by atoms with Gasteiger partial charge in [-0.2, -0.15) is 0 Å². The number of ether oxygens (including phenoxy) is 3. The molecule has 54 heavy (non-hydrogen) atoms. The van der Waals surface area contributed by atoms with Crippen molar-refractivity contribution in [1.29, 1.82) is 0 Å². The number of nitrogens with one attached hydrogen (secondary N) is 2. The second-order valence-electron chi connectivity index (χ2n) is 15.4. The van der Waals surface area contributed by atoms with Crippen LogP contribution in [0.4, 0.5) is 11.4 Å². The minimum Gasteiger partial charge on any atom is -0.497 e. The molecule has 3 aliphatic heterocycles. The van der Waals surface area contributed by atoms with Gasteiger partial charge < -0.3 is 34.9 Å². The van der Waals surface area contributed by atoms with E-state index in [1.807, 2.05) is 65.7 Å². The van der Waals surface area contributed by atoms with Crippen molar-refractivity contribution in [2.45, 2.75) is 76.0 Å². The Labute approximate surface area is 318 Å². The zero-order chi connectivity index (χ0) is 38.0. The Morgan fingerprint density at radius 3 is 2.50 bits per heavy atom. The summed E-state index contributed by atoms with van der Waals surface area (Å²) in [7, 11) is 0.964. The second-order valence-corrected chi connectivity index (χ2v) is 20.1. The zero-order valence-corrected chi connectivity index (χ0v) is 32.9. The maximum absolute atomic E-state index is 15.2. The predicted molar refractivity (Wildman–Crippen MR) is 210 cm³/mol. The molecule has 12 nitrogen and oxygen atoms in total. The summed E-state index contributed by atoms with van der Waals surface area (Å²) in [5, 5.41) is 25.6. The molecule has 1 aromatic heterocycles. The molecule has 4 heterocycles.